The average Bonchev–Trinajstić information content (AvgIpc) is 2.14. The van der Waals surface area contributed by atoms with Crippen molar-refractivity contribution in [2.45, 2.75) is 38.9 Å². The van der Waals surface area contributed by atoms with E-state index in [9.17, 15) is 4.79 Å². The van der Waals surface area contributed by atoms with E-state index in [1.165, 1.54) is 0 Å². The number of thioether (sulfide) groups is 1. The zero-order valence-corrected chi connectivity index (χ0v) is 11.2. The molecule has 1 rings (SSSR count). The van der Waals surface area contributed by atoms with Gasteiger partial charge in [0.15, 0.2) is 0 Å². The molecule has 0 spiro atoms. The molecule has 1 fully saturated rings. The van der Waals surface area contributed by atoms with Crippen LogP contribution >= 0.6 is 11.8 Å². The van der Waals surface area contributed by atoms with Crippen LogP contribution in [-0.2, 0) is 4.79 Å². The van der Waals surface area contributed by atoms with Gasteiger partial charge in [0.25, 0.3) is 0 Å². The van der Waals surface area contributed by atoms with E-state index in [0.29, 0.717) is 17.1 Å². The minimum atomic E-state index is 0.225. The van der Waals surface area contributed by atoms with Gasteiger partial charge in [-0.05, 0) is 20.3 Å². The molecule has 1 unspecified atom stereocenters. The molecule has 0 N–H and O–H groups in total. The highest BCUT2D eigenvalue weighted by Gasteiger charge is 2.28. The Labute approximate surface area is 97.8 Å². The Morgan fingerprint density at radius 3 is 2.73 bits per heavy atom. The Bertz CT molecular complexity index is 228. The lowest BCUT2D eigenvalue weighted by Gasteiger charge is -2.37. The van der Waals surface area contributed by atoms with Crippen LogP contribution in [0.15, 0.2) is 0 Å². The monoisotopic (exact) mass is 229 g/mol. The lowest BCUT2D eigenvalue weighted by atomic mass is 10.0. The van der Waals surface area contributed by atoms with Crippen LogP contribution in [0, 0.1) is 5.92 Å². The summed E-state index contributed by atoms with van der Waals surface area (Å²) in [4.78, 5) is 14.1. The fourth-order valence-electron chi connectivity index (χ4n) is 1.85. The zero-order valence-electron chi connectivity index (χ0n) is 10.4. The lowest BCUT2D eigenvalue weighted by molar-refractivity contribution is -0.123. The largest absolute Gasteiger partial charge is 0.298 e. The molecule has 1 heterocycles. The molecular weight excluding hydrogens is 206 g/mol. The van der Waals surface area contributed by atoms with E-state index in [1.807, 2.05) is 18.7 Å². The Hall–Kier alpha value is -0.0200. The van der Waals surface area contributed by atoms with Gasteiger partial charge in [0, 0.05) is 29.5 Å². The third-order valence-corrected chi connectivity index (χ3v) is 4.34. The summed E-state index contributed by atoms with van der Waals surface area (Å²) < 4.78 is 0.313. The summed E-state index contributed by atoms with van der Waals surface area (Å²) in [6, 6.07) is 0. The summed E-state index contributed by atoms with van der Waals surface area (Å²) in [5.41, 5.74) is 0. The van der Waals surface area contributed by atoms with Crippen molar-refractivity contribution in [3.8, 4) is 0 Å². The number of nitrogens with zero attached hydrogens (tertiary/aromatic N) is 1. The van der Waals surface area contributed by atoms with Crippen LogP contribution in [0.2, 0.25) is 0 Å². The van der Waals surface area contributed by atoms with Gasteiger partial charge in [-0.3, -0.25) is 9.69 Å². The molecule has 0 radical (unpaired) electrons. The summed E-state index contributed by atoms with van der Waals surface area (Å²) >= 11 is 2.01. The third kappa shape index (κ3) is 4.15. The second kappa shape index (κ2) is 5.35. The van der Waals surface area contributed by atoms with Gasteiger partial charge in [-0.15, -0.1) is 0 Å². The van der Waals surface area contributed by atoms with Crippen molar-refractivity contribution in [1.29, 1.82) is 0 Å². The average molecular weight is 229 g/mol. The first-order valence-electron chi connectivity index (χ1n) is 5.83. The second-order valence-corrected chi connectivity index (χ2v) is 6.90. The van der Waals surface area contributed by atoms with Gasteiger partial charge < -0.3 is 0 Å². The van der Waals surface area contributed by atoms with Crippen LogP contribution in [-0.4, -0.2) is 40.8 Å². The molecule has 1 aliphatic heterocycles. The van der Waals surface area contributed by atoms with Gasteiger partial charge in [0.1, 0.15) is 5.78 Å². The fraction of sp³-hybridized carbons (Fsp3) is 0.917. The summed E-state index contributed by atoms with van der Waals surface area (Å²) in [5.74, 6) is 1.78. The first-order valence-corrected chi connectivity index (χ1v) is 6.82. The molecular formula is C12H23NOS. The highest BCUT2D eigenvalue weighted by atomic mass is 32.2. The molecule has 0 aliphatic carbocycles. The molecule has 3 heteroatoms. The number of ketones is 1. The first-order chi connectivity index (χ1) is 6.94. The SMILES string of the molecule is CCC(C)C(=O)CN1CCSC(C)(C)C1. The molecule has 0 aromatic carbocycles. The van der Waals surface area contributed by atoms with Crippen LogP contribution in [0.5, 0.6) is 0 Å². The van der Waals surface area contributed by atoms with Crippen molar-refractivity contribution < 1.29 is 4.79 Å². The van der Waals surface area contributed by atoms with Gasteiger partial charge in [-0.2, -0.15) is 11.8 Å². The summed E-state index contributed by atoms with van der Waals surface area (Å²) in [6.07, 6.45) is 0.963. The van der Waals surface area contributed by atoms with E-state index >= 15 is 0 Å². The Balaban J connectivity index is 2.41. The maximum Gasteiger partial charge on any atom is 0.149 e. The number of Topliss-reactive ketones (excluding diaryl/α,β-unsaturated/α-hetero) is 1. The lowest BCUT2D eigenvalue weighted by Crippen LogP contribution is -2.45. The quantitative estimate of drug-likeness (QED) is 0.738. The van der Waals surface area contributed by atoms with Crippen LogP contribution in [0.25, 0.3) is 0 Å². The predicted molar refractivity (Wildman–Crippen MR) is 67.4 cm³/mol. The van der Waals surface area contributed by atoms with Gasteiger partial charge in [-0.1, -0.05) is 13.8 Å². The molecule has 1 atom stereocenters. The molecule has 1 saturated heterocycles. The zero-order chi connectivity index (χ0) is 11.5. The number of hydrogen-bond acceptors (Lipinski definition) is 3. The Morgan fingerprint density at radius 2 is 2.20 bits per heavy atom. The van der Waals surface area contributed by atoms with E-state index in [1.54, 1.807) is 0 Å². The molecule has 0 aromatic rings. The van der Waals surface area contributed by atoms with E-state index < -0.39 is 0 Å². The molecule has 1 aliphatic rings. The van der Waals surface area contributed by atoms with E-state index in [4.69, 9.17) is 0 Å². The van der Waals surface area contributed by atoms with Crippen LogP contribution < -0.4 is 0 Å². The van der Waals surface area contributed by atoms with Crippen molar-refractivity contribution >= 4 is 17.5 Å². The minimum Gasteiger partial charge on any atom is -0.298 e. The highest BCUT2D eigenvalue weighted by Crippen LogP contribution is 2.29. The molecule has 0 saturated carbocycles. The number of rotatable bonds is 4. The van der Waals surface area contributed by atoms with Gasteiger partial charge in [0.05, 0.1) is 6.54 Å². The van der Waals surface area contributed by atoms with Gasteiger partial charge in [-0.25, -0.2) is 0 Å². The smallest absolute Gasteiger partial charge is 0.149 e. The maximum atomic E-state index is 11.8. The van der Waals surface area contributed by atoms with Crippen molar-refractivity contribution in [2.75, 3.05) is 25.4 Å². The molecule has 0 amide bonds. The van der Waals surface area contributed by atoms with E-state index in [0.717, 1.165) is 25.3 Å². The predicted octanol–water partition coefficient (Wildman–Crippen LogP) is 2.43. The molecule has 0 bridgehead atoms. The van der Waals surface area contributed by atoms with Gasteiger partial charge >= 0.3 is 0 Å². The van der Waals surface area contributed by atoms with Crippen LogP contribution in [0.1, 0.15) is 34.1 Å². The summed E-state index contributed by atoms with van der Waals surface area (Å²) in [5, 5.41) is 0. The van der Waals surface area contributed by atoms with Crippen LogP contribution in [0.4, 0.5) is 0 Å². The van der Waals surface area contributed by atoms with Gasteiger partial charge in [0.2, 0.25) is 0 Å². The highest BCUT2D eigenvalue weighted by molar-refractivity contribution is 8.00. The van der Waals surface area contributed by atoms with Crippen molar-refractivity contribution in [3.05, 3.63) is 0 Å². The minimum absolute atomic E-state index is 0.225. The van der Waals surface area contributed by atoms with Crippen LogP contribution in [0.3, 0.4) is 0 Å². The standard InChI is InChI=1S/C12H23NOS/c1-5-10(2)11(14)8-13-6-7-15-12(3,4)9-13/h10H,5-9H2,1-4H3. The molecule has 0 aromatic heterocycles. The van der Waals surface area contributed by atoms with Crippen molar-refractivity contribution in [1.82, 2.24) is 4.90 Å². The Morgan fingerprint density at radius 1 is 1.53 bits per heavy atom. The van der Waals surface area contributed by atoms with E-state index in [2.05, 4.69) is 25.7 Å². The number of hydrogen-bond donors (Lipinski definition) is 0. The molecule has 88 valence electrons. The normalized spacial score (nSPS) is 23.7. The number of carbonyl (C=O) groups excluding carboxylic acids is 1. The van der Waals surface area contributed by atoms with E-state index in [-0.39, 0.29) is 5.92 Å². The molecule has 15 heavy (non-hydrogen) atoms. The fourth-order valence-corrected chi connectivity index (χ4v) is 3.03. The topological polar surface area (TPSA) is 20.3 Å². The summed E-state index contributed by atoms with van der Waals surface area (Å²) in [7, 11) is 0. The maximum absolute atomic E-state index is 11.8. The Kier molecular flexibility index (Phi) is 4.65. The molecule has 2 nitrogen and oxygen atoms in total. The first kappa shape index (κ1) is 13.0. The second-order valence-electron chi connectivity index (χ2n) is 5.09. The van der Waals surface area contributed by atoms with Crippen molar-refractivity contribution in [2.24, 2.45) is 5.92 Å². The summed E-state index contributed by atoms with van der Waals surface area (Å²) in [6.45, 7) is 11.4. The third-order valence-electron chi connectivity index (χ3n) is 3.05. The number of carbonyl (C=O) groups is 1. The van der Waals surface area contributed by atoms with Crippen molar-refractivity contribution in [3.63, 3.8) is 0 Å².